The molecular formula is C33H30F2N4O3S. The molecule has 3 aromatic rings. The molecule has 7 nitrogen and oxygen atoms in total. The number of fused-ring (bicyclic) bond motifs is 1. The summed E-state index contributed by atoms with van der Waals surface area (Å²) >= 11 is 1.43. The molecule has 0 unspecified atom stereocenters. The average molecular weight is 601 g/mol. The van der Waals surface area contributed by atoms with Crippen molar-refractivity contribution in [2.24, 2.45) is 10.9 Å². The Balaban J connectivity index is 1.54. The largest absolute Gasteiger partial charge is 0.444 e. The van der Waals surface area contributed by atoms with Crippen LogP contribution in [0.25, 0.3) is 11.9 Å². The van der Waals surface area contributed by atoms with E-state index >= 15 is 8.78 Å². The van der Waals surface area contributed by atoms with Crippen LogP contribution >= 0.6 is 11.8 Å². The molecule has 0 bridgehead atoms. The third kappa shape index (κ3) is 6.67. The van der Waals surface area contributed by atoms with Crippen molar-refractivity contribution in [2.75, 3.05) is 18.8 Å². The lowest BCUT2D eigenvalue weighted by Gasteiger charge is -2.36. The number of carbonyl (C=O) groups excluding carboxylic acids is 2. The minimum Gasteiger partial charge on any atom is -0.444 e. The second-order valence-electron chi connectivity index (χ2n) is 11.5. The molecule has 1 fully saturated rings. The number of aromatic nitrogens is 1. The fourth-order valence-electron chi connectivity index (χ4n) is 5.24. The number of carbonyl (C=O) groups is 2. The second kappa shape index (κ2) is 12.1. The number of hydrogen-bond acceptors (Lipinski definition) is 7. The Morgan fingerprint density at radius 2 is 1.95 bits per heavy atom. The summed E-state index contributed by atoms with van der Waals surface area (Å²) in [5, 5.41) is 9.54. The highest BCUT2D eigenvalue weighted by Crippen LogP contribution is 2.48. The first kappa shape index (κ1) is 30.1. The number of pyridine rings is 1. The van der Waals surface area contributed by atoms with Crippen LogP contribution in [0.15, 0.2) is 71.9 Å². The number of thioether (sulfide) groups is 1. The van der Waals surface area contributed by atoms with Gasteiger partial charge in [-0.05, 0) is 56.7 Å². The molecule has 0 saturated carbocycles. The van der Waals surface area contributed by atoms with Crippen molar-refractivity contribution in [3.8, 4) is 6.07 Å². The van der Waals surface area contributed by atoms with Gasteiger partial charge in [0.1, 0.15) is 28.9 Å². The van der Waals surface area contributed by atoms with E-state index < -0.39 is 28.9 Å². The SMILES string of the molecule is CC(C)(C)OC(=O)N1C[C@H]2CSC(CC(=O)c3ccccc3)=N[C@@]2(c2cc(/C=C(\F)c3ccc(C#N)cn3)ccc2F)C1. The Kier molecular flexibility index (Phi) is 8.47. The van der Waals surface area contributed by atoms with Gasteiger partial charge in [-0.25, -0.2) is 13.6 Å². The topological polar surface area (TPSA) is 95.6 Å². The predicted octanol–water partition coefficient (Wildman–Crippen LogP) is 7.04. The van der Waals surface area contributed by atoms with E-state index in [0.29, 0.717) is 27.5 Å². The maximum absolute atomic E-state index is 15.7. The van der Waals surface area contributed by atoms with E-state index in [4.69, 9.17) is 15.0 Å². The van der Waals surface area contributed by atoms with Gasteiger partial charge in [-0.2, -0.15) is 5.26 Å². The van der Waals surface area contributed by atoms with Crippen LogP contribution in [0.5, 0.6) is 0 Å². The van der Waals surface area contributed by atoms with Crippen LogP contribution in [0.2, 0.25) is 0 Å². The molecule has 0 aliphatic carbocycles. The summed E-state index contributed by atoms with van der Waals surface area (Å²) in [7, 11) is 0. The average Bonchev–Trinajstić information content (AvgIpc) is 3.38. The number of Topliss-reactive ketones (excluding diaryl/α,β-unsaturated/α-hetero) is 1. The highest BCUT2D eigenvalue weighted by Gasteiger charge is 2.53. The molecule has 1 aromatic heterocycles. The maximum atomic E-state index is 15.7. The third-order valence-electron chi connectivity index (χ3n) is 7.27. The minimum absolute atomic E-state index is 0.0340. The van der Waals surface area contributed by atoms with E-state index in [-0.39, 0.29) is 42.5 Å². The number of rotatable bonds is 6. The number of nitrogens with zero attached hydrogens (tertiary/aromatic N) is 4. The summed E-state index contributed by atoms with van der Waals surface area (Å²) in [4.78, 5) is 36.7. The monoisotopic (exact) mass is 600 g/mol. The lowest BCUT2D eigenvalue weighted by Crippen LogP contribution is -2.40. The van der Waals surface area contributed by atoms with E-state index in [1.54, 1.807) is 51.1 Å². The summed E-state index contributed by atoms with van der Waals surface area (Å²) in [6.07, 6.45) is 2.03. The van der Waals surface area contributed by atoms with Gasteiger partial charge in [0.05, 0.1) is 29.3 Å². The van der Waals surface area contributed by atoms with Crippen molar-refractivity contribution in [3.05, 3.63) is 101 Å². The molecule has 2 aliphatic heterocycles. The highest BCUT2D eigenvalue weighted by atomic mass is 32.2. The molecule has 0 spiro atoms. The van der Waals surface area contributed by atoms with Crippen molar-refractivity contribution in [2.45, 2.75) is 38.3 Å². The van der Waals surface area contributed by atoms with Crippen LogP contribution < -0.4 is 0 Å². The summed E-state index contributed by atoms with van der Waals surface area (Å²) in [6, 6.07) is 17.9. The first-order chi connectivity index (χ1) is 20.5. The van der Waals surface area contributed by atoms with Gasteiger partial charge in [0.2, 0.25) is 0 Å². The van der Waals surface area contributed by atoms with Gasteiger partial charge >= 0.3 is 6.09 Å². The lowest BCUT2D eigenvalue weighted by atomic mass is 9.80. The van der Waals surface area contributed by atoms with Crippen LogP contribution in [0, 0.1) is 23.1 Å². The standard InChI is InChI=1S/C33H30F2N4O3S/c1-32(2,3)42-31(41)39-18-24-19-43-30(15-29(40)23-7-5-4-6-8-23)38-33(24,20-39)25-13-21(9-11-26(25)34)14-27(35)28-12-10-22(16-36)17-37-28/h4-14,17,24H,15,18-20H2,1-3H3/b27-14-/t24-,33-/m0/s1. The molecule has 5 rings (SSSR count). The van der Waals surface area contributed by atoms with Gasteiger partial charge in [0.15, 0.2) is 5.78 Å². The fraction of sp³-hybridized carbons (Fsp3) is 0.303. The van der Waals surface area contributed by atoms with Crippen molar-refractivity contribution >= 4 is 40.6 Å². The first-order valence-corrected chi connectivity index (χ1v) is 14.8. The molecule has 3 heterocycles. The van der Waals surface area contributed by atoms with E-state index in [9.17, 15) is 9.59 Å². The molecule has 0 N–H and O–H groups in total. The van der Waals surface area contributed by atoms with Crippen LogP contribution in [-0.4, -0.2) is 51.2 Å². The number of ketones is 1. The smallest absolute Gasteiger partial charge is 0.410 e. The predicted molar refractivity (Wildman–Crippen MR) is 163 cm³/mol. The molecule has 220 valence electrons. The van der Waals surface area contributed by atoms with E-state index in [0.717, 1.165) is 0 Å². The van der Waals surface area contributed by atoms with Gasteiger partial charge in [-0.1, -0.05) is 36.4 Å². The Morgan fingerprint density at radius 1 is 1.19 bits per heavy atom. The molecular weight excluding hydrogens is 570 g/mol. The zero-order chi connectivity index (χ0) is 30.8. The van der Waals surface area contributed by atoms with Crippen molar-refractivity contribution in [1.82, 2.24) is 9.88 Å². The number of halogens is 2. The minimum atomic E-state index is -1.20. The van der Waals surface area contributed by atoms with Gasteiger partial charge in [-0.3, -0.25) is 14.8 Å². The number of amides is 1. The Labute approximate surface area is 253 Å². The van der Waals surface area contributed by atoms with Crippen molar-refractivity contribution in [1.29, 1.82) is 5.26 Å². The number of benzene rings is 2. The van der Waals surface area contributed by atoms with Gasteiger partial charge < -0.3 is 9.64 Å². The summed E-state index contributed by atoms with van der Waals surface area (Å²) in [6.45, 7) is 5.65. The molecule has 2 aliphatic rings. The molecule has 1 saturated heterocycles. The summed E-state index contributed by atoms with van der Waals surface area (Å²) < 4.78 is 36.6. The number of ether oxygens (including phenoxy) is 1. The molecule has 1 amide bonds. The third-order valence-corrected chi connectivity index (χ3v) is 8.41. The van der Waals surface area contributed by atoms with Crippen molar-refractivity contribution in [3.63, 3.8) is 0 Å². The zero-order valence-corrected chi connectivity index (χ0v) is 24.8. The van der Waals surface area contributed by atoms with E-state index in [1.165, 1.54) is 53.2 Å². The van der Waals surface area contributed by atoms with Gasteiger partial charge in [0, 0.05) is 35.5 Å². The molecule has 2 atom stereocenters. The number of nitriles is 1. The first-order valence-electron chi connectivity index (χ1n) is 13.8. The fourth-order valence-corrected chi connectivity index (χ4v) is 6.48. The number of likely N-dealkylation sites (tertiary alicyclic amines) is 1. The van der Waals surface area contributed by atoms with Crippen LogP contribution in [-0.2, 0) is 10.3 Å². The molecule has 43 heavy (non-hydrogen) atoms. The normalized spacial score (nSPS) is 20.2. The van der Waals surface area contributed by atoms with Gasteiger partial charge in [0.25, 0.3) is 0 Å². The molecule has 0 radical (unpaired) electrons. The van der Waals surface area contributed by atoms with Crippen molar-refractivity contribution < 1.29 is 23.1 Å². The molecule has 10 heteroatoms. The van der Waals surface area contributed by atoms with Crippen LogP contribution in [0.4, 0.5) is 13.6 Å². The van der Waals surface area contributed by atoms with Gasteiger partial charge in [-0.15, -0.1) is 11.8 Å². The Morgan fingerprint density at radius 3 is 2.63 bits per heavy atom. The van der Waals surface area contributed by atoms with E-state index in [1.807, 2.05) is 12.1 Å². The lowest BCUT2D eigenvalue weighted by molar-refractivity contribution is 0.0281. The Hall–Kier alpha value is -4.36. The quantitative estimate of drug-likeness (QED) is 0.282. The number of hydrogen-bond donors (Lipinski definition) is 0. The zero-order valence-electron chi connectivity index (χ0n) is 24.0. The maximum Gasteiger partial charge on any atom is 0.410 e. The number of aliphatic imine (C=N–C) groups is 1. The van der Waals surface area contributed by atoms with Crippen LogP contribution in [0.1, 0.15) is 59.9 Å². The Bertz CT molecular complexity index is 1650. The highest BCUT2D eigenvalue weighted by molar-refractivity contribution is 8.14. The summed E-state index contributed by atoms with van der Waals surface area (Å²) in [5.74, 6) is -1.09. The second-order valence-corrected chi connectivity index (χ2v) is 12.6. The van der Waals surface area contributed by atoms with Crippen LogP contribution in [0.3, 0.4) is 0 Å². The summed E-state index contributed by atoms with van der Waals surface area (Å²) in [5.41, 5.74) is -0.458. The van der Waals surface area contributed by atoms with E-state index in [2.05, 4.69) is 4.98 Å². The molecule has 2 aromatic carbocycles.